The summed E-state index contributed by atoms with van der Waals surface area (Å²) in [6.07, 6.45) is 6.21. The third-order valence-corrected chi connectivity index (χ3v) is 2.50. The van der Waals surface area contributed by atoms with E-state index in [1.54, 1.807) is 19.2 Å². The van der Waals surface area contributed by atoms with E-state index < -0.39 is 0 Å². The number of anilines is 1. The minimum atomic E-state index is -0.338. The fourth-order valence-corrected chi connectivity index (χ4v) is 1.60. The zero-order valence-electron chi connectivity index (χ0n) is 8.92. The highest BCUT2D eigenvalue weighted by molar-refractivity contribution is 7.99. The highest BCUT2D eigenvalue weighted by Crippen LogP contribution is 2.19. The summed E-state index contributed by atoms with van der Waals surface area (Å²) in [5.41, 5.74) is 5.60. The van der Waals surface area contributed by atoms with Crippen molar-refractivity contribution in [2.45, 2.75) is 11.9 Å². The lowest BCUT2D eigenvalue weighted by atomic mass is 10.5. The molecule has 0 unspecified atom stereocenters. The number of nitrogens with two attached hydrogens (primary N) is 1. The molecule has 5 nitrogen and oxygen atoms in total. The van der Waals surface area contributed by atoms with Gasteiger partial charge in [-0.3, -0.25) is 0 Å². The topological polar surface area (TPSA) is 78.1 Å². The van der Waals surface area contributed by atoms with Crippen LogP contribution >= 0.6 is 11.8 Å². The molecule has 0 radical (unpaired) electrons. The lowest BCUT2D eigenvalue weighted by Gasteiger charge is -1.99. The summed E-state index contributed by atoms with van der Waals surface area (Å²) in [7, 11) is 0. The number of carbonyl (C=O) groups is 1. The van der Waals surface area contributed by atoms with E-state index in [0.29, 0.717) is 23.2 Å². The maximum atomic E-state index is 11.0. The Morgan fingerprint density at radius 2 is 2.31 bits per heavy atom. The average Bonchev–Trinajstić information content (AvgIpc) is 2.27. The van der Waals surface area contributed by atoms with Crippen LogP contribution < -0.4 is 5.73 Å². The molecule has 0 bridgehead atoms. The third kappa shape index (κ3) is 4.31. The lowest BCUT2D eigenvalue weighted by Crippen LogP contribution is -1.99. The van der Waals surface area contributed by atoms with E-state index in [0.717, 1.165) is 0 Å². The van der Waals surface area contributed by atoms with Crippen LogP contribution in [0, 0.1) is 0 Å². The molecule has 86 valence electrons. The first-order chi connectivity index (χ1) is 7.74. The van der Waals surface area contributed by atoms with Gasteiger partial charge in [0.15, 0.2) is 5.82 Å². The smallest absolute Gasteiger partial charge is 0.330 e. The van der Waals surface area contributed by atoms with Crippen LogP contribution in [0.4, 0.5) is 5.82 Å². The first-order valence-electron chi connectivity index (χ1n) is 4.76. The zero-order valence-corrected chi connectivity index (χ0v) is 9.74. The van der Waals surface area contributed by atoms with Gasteiger partial charge in [0, 0.05) is 24.2 Å². The Labute approximate surface area is 98.1 Å². The van der Waals surface area contributed by atoms with E-state index in [9.17, 15) is 4.79 Å². The largest absolute Gasteiger partial charge is 0.463 e. The van der Waals surface area contributed by atoms with Gasteiger partial charge in [0.2, 0.25) is 0 Å². The van der Waals surface area contributed by atoms with Gasteiger partial charge in [-0.2, -0.15) is 0 Å². The maximum absolute atomic E-state index is 11.0. The number of thioether (sulfide) groups is 1. The molecule has 0 atom stereocenters. The monoisotopic (exact) mass is 239 g/mol. The summed E-state index contributed by atoms with van der Waals surface area (Å²) in [6, 6.07) is 0. The van der Waals surface area contributed by atoms with Crippen molar-refractivity contribution >= 4 is 23.5 Å². The summed E-state index contributed by atoms with van der Waals surface area (Å²) < 4.78 is 4.73. The standard InChI is InChI=1S/C10H13N3O2S/c1-2-15-8(14)4-3-7-16-10-9(11)12-5-6-13-10/h3-6H,2,7H2,1H3,(H2,11,12)/b4-3+. The quantitative estimate of drug-likeness (QED) is 0.473. The van der Waals surface area contributed by atoms with E-state index in [-0.39, 0.29) is 5.97 Å². The number of nitrogens with zero attached hydrogens (tertiary/aromatic N) is 2. The van der Waals surface area contributed by atoms with Crippen molar-refractivity contribution in [3.8, 4) is 0 Å². The Kier molecular flexibility index (Phi) is 5.35. The molecule has 6 heteroatoms. The molecule has 0 aliphatic heterocycles. The molecule has 0 saturated heterocycles. The van der Waals surface area contributed by atoms with Gasteiger partial charge in [-0.1, -0.05) is 17.8 Å². The van der Waals surface area contributed by atoms with Crippen LogP contribution in [0.1, 0.15) is 6.92 Å². The van der Waals surface area contributed by atoms with Crippen LogP contribution in [0.3, 0.4) is 0 Å². The molecule has 0 aliphatic carbocycles. The number of carbonyl (C=O) groups excluding carboxylic acids is 1. The molecule has 16 heavy (non-hydrogen) atoms. The van der Waals surface area contributed by atoms with E-state index in [1.807, 2.05) is 0 Å². The van der Waals surface area contributed by atoms with Crippen LogP contribution in [-0.2, 0) is 9.53 Å². The van der Waals surface area contributed by atoms with E-state index in [1.165, 1.54) is 24.0 Å². The van der Waals surface area contributed by atoms with Crippen molar-refractivity contribution in [1.82, 2.24) is 9.97 Å². The van der Waals surface area contributed by atoms with Gasteiger partial charge in [-0.25, -0.2) is 14.8 Å². The summed E-state index contributed by atoms with van der Waals surface area (Å²) in [5.74, 6) is 0.661. The Bertz CT molecular complexity index is 382. The highest BCUT2D eigenvalue weighted by atomic mass is 32.2. The van der Waals surface area contributed by atoms with E-state index in [4.69, 9.17) is 10.5 Å². The van der Waals surface area contributed by atoms with Gasteiger partial charge in [0.05, 0.1) is 6.61 Å². The van der Waals surface area contributed by atoms with Gasteiger partial charge in [-0.15, -0.1) is 0 Å². The first-order valence-corrected chi connectivity index (χ1v) is 5.75. The fourth-order valence-electron chi connectivity index (χ4n) is 0.909. The number of hydrogen-bond acceptors (Lipinski definition) is 6. The van der Waals surface area contributed by atoms with Crippen LogP contribution in [-0.4, -0.2) is 28.3 Å². The molecule has 0 aliphatic rings. The molecule has 0 amide bonds. The Morgan fingerprint density at radius 3 is 3.00 bits per heavy atom. The van der Waals surface area contributed by atoms with Crippen LogP contribution in [0.15, 0.2) is 29.6 Å². The van der Waals surface area contributed by atoms with Crippen molar-refractivity contribution < 1.29 is 9.53 Å². The predicted octanol–water partition coefficient (Wildman–Crippen LogP) is 1.27. The Hall–Kier alpha value is -1.56. The van der Waals surface area contributed by atoms with Crippen molar-refractivity contribution in [2.75, 3.05) is 18.1 Å². The summed E-state index contributed by atoms with van der Waals surface area (Å²) in [6.45, 7) is 2.15. The third-order valence-electron chi connectivity index (χ3n) is 1.55. The first kappa shape index (κ1) is 12.5. The molecule has 1 heterocycles. The van der Waals surface area contributed by atoms with Gasteiger partial charge in [-0.05, 0) is 6.92 Å². The Balaban J connectivity index is 2.36. The van der Waals surface area contributed by atoms with Crippen LogP contribution in [0.25, 0.3) is 0 Å². The normalized spacial score (nSPS) is 10.6. The molecule has 2 N–H and O–H groups in total. The van der Waals surface area contributed by atoms with Crippen molar-refractivity contribution in [1.29, 1.82) is 0 Å². The molecule has 1 aromatic rings. The fraction of sp³-hybridized carbons (Fsp3) is 0.300. The second-order valence-corrected chi connectivity index (χ2v) is 3.72. The summed E-state index contributed by atoms with van der Waals surface area (Å²) in [4.78, 5) is 18.9. The van der Waals surface area contributed by atoms with Gasteiger partial charge < -0.3 is 10.5 Å². The van der Waals surface area contributed by atoms with Crippen LogP contribution in [0.5, 0.6) is 0 Å². The number of rotatable bonds is 5. The molecular formula is C10H13N3O2S. The number of aromatic nitrogens is 2. The van der Waals surface area contributed by atoms with Gasteiger partial charge in [0.1, 0.15) is 5.03 Å². The molecule has 0 fully saturated rings. The minimum Gasteiger partial charge on any atom is -0.463 e. The zero-order chi connectivity index (χ0) is 11.8. The number of ether oxygens (including phenoxy) is 1. The van der Waals surface area contributed by atoms with E-state index in [2.05, 4.69) is 9.97 Å². The van der Waals surface area contributed by atoms with Crippen LogP contribution in [0.2, 0.25) is 0 Å². The predicted molar refractivity (Wildman–Crippen MR) is 62.9 cm³/mol. The maximum Gasteiger partial charge on any atom is 0.330 e. The molecule has 0 aromatic carbocycles. The van der Waals surface area contributed by atoms with Gasteiger partial charge in [0.25, 0.3) is 0 Å². The number of esters is 1. The second-order valence-electron chi connectivity index (χ2n) is 2.71. The lowest BCUT2D eigenvalue weighted by molar-refractivity contribution is -0.137. The number of hydrogen-bond donors (Lipinski definition) is 1. The molecule has 1 rings (SSSR count). The average molecular weight is 239 g/mol. The summed E-state index contributed by atoms with van der Waals surface area (Å²) >= 11 is 1.41. The molecule has 0 saturated carbocycles. The summed E-state index contributed by atoms with van der Waals surface area (Å²) in [5, 5.41) is 0.663. The Morgan fingerprint density at radius 1 is 1.56 bits per heavy atom. The minimum absolute atomic E-state index is 0.338. The highest BCUT2D eigenvalue weighted by Gasteiger charge is 1.99. The van der Waals surface area contributed by atoms with Crippen molar-refractivity contribution in [2.24, 2.45) is 0 Å². The van der Waals surface area contributed by atoms with Gasteiger partial charge >= 0.3 is 5.97 Å². The number of nitrogen functional groups attached to an aromatic ring is 1. The SMILES string of the molecule is CCOC(=O)/C=C/CSc1nccnc1N. The second kappa shape index (κ2) is 6.84. The molecule has 0 spiro atoms. The van der Waals surface area contributed by atoms with Crippen molar-refractivity contribution in [3.05, 3.63) is 24.5 Å². The van der Waals surface area contributed by atoms with Crippen molar-refractivity contribution in [3.63, 3.8) is 0 Å². The molecular weight excluding hydrogens is 226 g/mol. The van der Waals surface area contributed by atoms with E-state index >= 15 is 0 Å². The molecule has 1 aromatic heterocycles.